The summed E-state index contributed by atoms with van der Waals surface area (Å²) in [6.45, 7) is 10.1. The molecular formula is C48H50N6O10. The van der Waals surface area contributed by atoms with Crippen LogP contribution in [0.4, 0.5) is 10.5 Å². The van der Waals surface area contributed by atoms with Crippen LogP contribution in [0.25, 0.3) is 39.1 Å². The van der Waals surface area contributed by atoms with E-state index in [9.17, 15) is 34.5 Å². The van der Waals surface area contributed by atoms with Gasteiger partial charge in [-0.2, -0.15) is 5.10 Å². The molecule has 6 aromatic rings. The van der Waals surface area contributed by atoms with Crippen molar-refractivity contribution in [3.8, 4) is 45.6 Å². The first-order valence-corrected chi connectivity index (χ1v) is 21.6. The lowest BCUT2D eigenvalue weighted by atomic mass is 9.85. The van der Waals surface area contributed by atoms with Crippen LogP contribution in [0.1, 0.15) is 73.4 Å². The second-order valence-electron chi connectivity index (χ2n) is 16.9. The molecule has 4 N–H and O–H groups in total. The van der Waals surface area contributed by atoms with E-state index in [1.165, 1.54) is 15.5 Å². The fraction of sp³-hybridized carbons (Fsp3) is 0.354. The number of aromatic amines is 1. The zero-order chi connectivity index (χ0) is 45.2. The molecule has 5 heterocycles. The maximum atomic E-state index is 13.7. The van der Waals surface area contributed by atoms with Crippen LogP contribution in [0.5, 0.6) is 17.2 Å². The summed E-state index contributed by atoms with van der Waals surface area (Å²) in [4.78, 5) is 56.2. The van der Waals surface area contributed by atoms with Gasteiger partial charge in [-0.25, -0.2) is 24.0 Å². The van der Waals surface area contributed by atoms with Crippen molar-refractivity contribution in [3.05, 3.63) is 115 Å². The van der Waals surface area contributed by atoms with Crippen LogP contribution in [-0.2, 0) is 45.9 Å². The van der Waals surface area contributed by atoms with E-state index < -0.39 is 23.4 Å². The van der Waals surface area contributed by atoms with Crippen LogP contribution in [-0.4, -0.2) is 91.5 Å². The Labute approximate surface area is 367 Å². The minimum atomic E-state index is -1.89. The summed E-state index contributed by atoms with van der Waals surface area (Å²) in [6.07, 6.45) is 0.963. The Balaban J connectivity index is 0.816. The van der Waals surface area contributed by atoms with Crippen LogP contribution in [0.15, 0.2) is 70.3 Å². The summed E-state index contributed by atoms with van der Waals surface area (Å²) >= 11 is 0. The molecule has 9 rings (SSSR count). The quantitative estimate of drug-likeness (QED) is 0.0847. The SMILES string of the molecule is CCc1c2c(cc3ccc(OC(=O)N(C)CCOCCN4CCc5cc(-n6c(-c7cc(C(C)C)c(O)cc7O)n[nH]c6=O)ccc54)cc13)-c1cc3c(c(=O)n1C2)COC(=O)C3(O)CC. The highest BCUT2D eigenvalue weighted by Crippen LogP contribution is 2.43. The normalized spacial score (nSPS) is 16.2. The number of esters is 1. The molecule has 0 aliphatic carbocycles. The summed E-state index contributed by atoms with van der Waals surface area (Å²) in [5, 5.41) is 40.8. The number of pyridine rings is 1. The molecule has 0 saturated carbocycles. The third-order valence-electron chi connectivity index (χ3n) is 12.9. The van der Waals surface area contributed by atoms with E-state index in [2.05, 4.69) is 15.1 Å². The molecular weight excluding hydrogens is 821 g/mol. The number of H-pyrrole nitrogens is 1. The number of rotatable bonds is 12. The molecule has 16 heteroatoms. The van der Waals surface area contributed by atoms with Gasteiger partial charge in [0.25, 0.3) is 5.56 Å². The maximum absolute atomic E-state index is 13.7. The zero-order valence-corrected chi connectivity index (χ0v) is 36.4. The topological polar surface area (TPSA) is 202 Å². The maximum Gasteiger partial charge on any atom is 0.415 e. The second kappa shape index (κ2) is 16.3. The molecule has 0 bridgehead atoms. The fourth-order valence-electron chi connectivity index (χ4n) is 9.33. The molecule has 1 atom stereocenters. The molecule has 0 radical (unpaired) electrons. The first-order chi connectivity index (χ1) is 30.7. The number of aromatic nitrogens is 4. The van der Waals surface area contributed by atoms with E-state index in [0.29, 0.717) is 73.1 Å². The minimum Gasteiger partial charge on any atom is -0.508 e. The van der Waals surface area contributed by atoms with E-state index in [4.69, 9.17) is 14.2 Å². The molecule has 0 spiro atoms. The summed E-state index contributed by atoms with van der Waals surface area (Å²) in [5.41, 5.74) is 5.10. The van der Waals surface area contributed by atoms with Gasteiger partial charge >= 0.3 is 17.8 Å². The van der Waals surface area contributed by atoms with Gasteiger partial charge in [0.1, 0.15) is 23.9 Å². The standard InChI is InChI=1S/C48H50N6O10/c1-6-31-33-20-30(10-8-27(33)19-34-36(31)24-53-40(34)22-38-37(44(53)57)25-63-45(58)48(38,61)7-2)64-47(60)51(5)14-16-62-17-15-52-13-12-28-18-29(9-11-39(28)52)54-43(49-50-46(54)59)35-21-32(26(3)4)41(55)23-42(35)56/h8-11,18-23,26,55-56,61H,6-7,12-17,24-25H2,1-5H3,(H,50,59). The van der Waals surface area contributed by atoms with Gasteiger partial charge in [-0.3, -0.25) is 4.79 Å². The van der Waals surface area contributed by atoms with Crippen molar-refractivity contribution < 1.29 is 39.1 Å². The number of aromatic hydroxyl groups is 2. The lowest BCUT2D eigenvalue weighted by Crippen LogP contribution is -2.44. The summed E-state index contributed by atoms with van der Waals surface area (Å²) in [5.74, 6) is -0.355. The number of hydrogen-bond acceptors (Lipinski definition) is 12. The van der Waals surface area contributed by atoms with Gasteiger partial charge in [0.15, 0.2) is 11.4 Å². The van der Waals surface area contributed by atoms with E-state index in [-0.39, 0.29) is 47.4 Å². The average Bonchev–Trinajstić information content (AvgIpc) is 3.98. The Kier molecular flexibility index (Phi) is 10.8. The van der Waals surface area contributed by atoms with Crippen LogP contribution in [0.3, 0.4) is 0 Å². The predicted octanol–water partition coefficient (Wildman–Crippen LogP) is 5.83. The molecule has 1 amide bonds. The van der Waals surface area contributed by atoms with E-state index in [1.807, 2.05) is 57.2 Å². The molecule has 0 fully saturated rings. The predicted molar refractivity (Wildman–Crippen MR) is 239 cm³/mol. The number of amides is 1. The summed E-state index contributed by atoms with van der Waals surface area (Å²) in [7, 11) is 1.65. The highest BCUT2D eigenvalue weighted by Gasteiger charge is 2.45. The fourth-order valence-corrected chi connectivity index (χ4v) is 9.33. The highest BCUT2D eigenvalue weighted by molar-refractivity contribution is 5.95. The largest absolute Gasteiger partial charge is 0.508 e. The Hall–Kier alpha value is -6.91. The number of carbonyl (C=O) groups is 2. The van der Waals surface area contributed by atoms with Gasteiger partial charge in [0.2, 0.25) is 0 Å². The van der Waals surface area contributed by atoms with Crippen molar-refractivity contribution in [2.24, 2.45) is 0 Å². The number of ether oxygens (including phenoxy) is 3. The van der Waals surface area contributed by atoms with Crippen LogP contribution >= 0.6 is 0 Å². The average molecular weight is 871 g/mol. The lowest BCUT2D eigenvalue weighted by Gasteiger charge is -2.31. The van der Waals surface area contributed by atoms with Crippen molar-refractivity contribution in [1.82, 2.24) is 24.2 Å². The number of nitrogens with one attached hydrogen (secondary N) is 1. The van der Waals surface area contributed by atoms with E-state index >= 15 is 0 Å². The van der Waals surface area contributed by atoms with Crippen LogP contribution < -0.4 is 20.9 Å². The smallest absolute Gasteiger partial charge is 0.415 e. The van der Waals surface area contributed by atoms with Crippen molar-refractivity contribution >= 4 is 28.5 Å². The number of carbonyl (C=O) groups excluding carboxylic acids is 2. The molecule has 332 valence electrons. The number of likely N-dealkylation sites (N-methyl/N-ethyl adjacent to an activating group) is 1. The van der Waals surface area contributed by atoms with Gasteiger partial charge in [-0.1, -0.05) is 33.8 Å². The number of anilines is 1. The molecule has 16 nitrogen and oxygen atoms in total. The van der Waals surface area contributed by atoms with Gasteiger partial charge < -0.3 is 43.9 Å². The molecule has 64 heavy (non-hydrogen) atoms. The Morgan fingerprint density at radius 2 is 1.80 bits per heavy atom. The van der Waals surface area contributed by atoms with Gasteiger partial charge in [0.05, 0.1) is 42.3 Å². The summed E-state index contributed by atoms with van der Waals surface area (Å²) in [6, 6.07) is 17.9. The molecule has 1 unspecified atom stereocenters. The lowest BCUT2D eigenvalue weighted by molar-refractivity contribution is -0.172. The van der Waals surface area contributed by atoms with E-state index in [0.717, 1.165) is 51.7 Å². The van der Waals surface area contributed by atoms with Crippen molar-refractivity contribution in [2.45, 2.75) is 71.6 Å². The highest BCUT2D eigenvalue weighted by atomic mass is 16.6. The first-order valence-electron chi connectivity index (χ1n) is 21.6. The number of nitrogens with zero attached hydrogens (tertiary/aromatic N) is 5. The number of fused-ring (bicyclic) bond motifs is 6. The number of hydrogen-bond donors (Lipinski definition) is 4. The van der Waals surface area contributed by atoms with Crippen molar-refractivity contribution in [2.75, 3.05) is 44.8 Å². The molecule has 3 aliphatic heterocycles. The van der Waals surface area contributed by atoms with Crippen molar-refractivity contribution in [1.29, 1.82) is 0 Å². The third kappa shape index (κ3) is 7.06. The Morgan fingerprint density at radius 1 is 0.984 bits per heavy atom. The Morgan fingerprint density at radius 3 is 2.56 bits per heavy atom. The van der Waals surface area contributed by atoms with Gasteiger partial charge in [-0.15, -0.1) is 0 Å². The number of benzene rings is 4. The number of phenolic OH excluding ortho intramolecular Hbond substituents is 2. The summed E-state index contributed by atoms with van der Waals surface area (Å²) < 4.78 is 20.1. The number of cyclic esters (lactones) is 1. The minimum absolute atomic E-state index is 0.0193. The molecule has 4 aromatic carbocycles. The van der Waals surface area contributed by atoms with Crippen LogP contribution in [0, 0.1) is 0 Å². The van der Waals surface area contributed by atoms with Crippen LogP contribution in [0.2, 0.25) is 0 Å². The monoisotopic (exact) mass is 870 g/mol. The number of phenols is 2. The van der Waals surface area contributed by atoms with E-state index in [1.54, 1.807) is 36.7 Å². The molecule has 0 saturated heterocycles. The van der Waals surface area contributed by atoms with Crippen molar-refractivity contribution in [3.63, 3.8) is 0 Å². The number of aliphatic hydroxyl groups is 1. The number of aryl methyl sites for hydroxylation is 1. The van der Waals surface area contributed by atoms with Gasteiger partial charge in [0, 0.05) is 49.6 Å². The third-order valence-corrected chi connectivity index (χ3v) is 12.9. The zero-order valence-electron chi connectivity index (χ0n) is 36.4. The van der Waals surface area contributed by atoms with Gasteiger partial charge in [-0.05, 0) is 107 Å². The second-order valence-corrected chi connectivity index (χ2v) is 16.9. The first kappa shape index (κ1) is 42.4. The molecule has 3 aliphatic rings. The Bertz CT molecular complexity index is 3000. The molecule has 2 aromatic heterocycles.